The van der Waals surface area contributed by atoms with E-state index in [9.17, 15) is 33.6 Å². The fraction of sp³-hybridized carbons (Fsp3) is 0.537. The zero-order chi connectivity index (χ0) is 42.0. The Kier molecular flexibility index (Phi) is 12.3. The van der Waals surface area contributed by atoms with Gasteiger partial charge in [0.25, 0.3) is 0 Å². The molecule has 7 rings (SSSR count). The van der Waals surface area contributed by atoms with Crippen molar-refractivity contribution < 1.29 is 47.8 Å². The van der Waals surface area contributed by atoms with Crippen LogP contribution in [0, 0.1) is 12.8 Å². The molecule has 5 heterocycles. The number of likely N-dealkylation sites (N-methyl/N-ethyl adjacent to an activating group) is 1. The smallest absolute Gasteiger partial charge is 0.328 e. The summed E-state index contributed by atoms with van der Waals surface area (Å²) in [4.78, 5) is 104. The number of cyclic esters (lactones) is 1. The quantitative estimate of drug-likeness (QED) is 0.293. The third-order valence-corrected chi connectivity index (χ3v) is 11.6. The van der Waals surface area contributed by atoms with E-state index in [1.54, 1.807) is 25.1 Å². The predicted molar refractivity (Wildman–Crippen MR) is 211 cm³/mol. The van der Waals surface area contributed by atoms with Gasteiger partial charge < -0.3 is 55.1 Å². The number of rotatable bonds is 6. The summed E-state index contributed by atoms with van der Waals surface area (Å²) in [6, 6.07) is 4.98. The summed E-state index contributed by atoms with van der Waals surface area (Å²) in [6.07, 6.45) is 1.12. The molecule has 5 aliphatic rings. The number of piperazine rings is 1. The molecule has 0 unspecified atom stereocenters. The number of urea groups is 1. The van der Waals surface area contributed by atoms with Crippen LogP contribution in [0.5, 0.6) is 11.5 Å². The molecule has 2 aromatic rings. The van der Waals surface area contributed by atoms with Gasteiger partial charge in [0.1, 0.15) is 42.9 Å². The molecule has 4 fully saturated rings. The summed E-state index contributed by atoms with van der Waals surface area (Å²) in [6.45, 7) is 6.14. The van der Waals surface area contributed by atoms with E-state index in [1.165, 1.54) is 14.7 Å². The number of hydrogen-bond acceptors (Lipinski definition) is 11. The first-order valence-electron chi connectivity index (χ1n) is 20.2. The fourth-order valence-electron chi connectivity index (χ4n) is 8.51. The number of nitrogens with one attached hydrogen (secondary N) is 4. The highest BCUT2D eigenvalue weighted by molar-refractivity contribution is 5.98. The second-order valence-electron chi connectivity index (χ2n) is 16.2. The number of carbonyl (C=O) groups is 7. The molecule has 5 aliphatic heterocycles. The van der Waals surface area contributed by atoms with Crippen LogP contribution in [0.1, 0.15) is 44.2 Å². The second kappa shape index (κ2) is 17.5. The Labute approximate surface area is 342 Å². The van der Waals surface area contributed by atoms with Crippen LogP contribution < -0.4 is 30.7 Å². The zero-order valence-electron chi connectivity index (χ0n) is 33.7. The van der Waals surface area contributed by atoms with E-state index in [1.807, 2.05) is 50.1 Å². The molecule has 4 saturated heterocycles. The van der Waals surface area contributed by atoms with Crippen molar-refractivity contribution in [2.24, 2.45) is 5.92 Å². The normalized spacial score (nSPS) is 27.0. The van der Waals surface area contributed by atoms with Crippen molar-refractivity contribution >= 4 is 47.2 Å². The minimum absolute atomic E-state index is 0.0374. The maximum absolute atomic E-state index is 14.6. The maximum Gasteiger partial charge on any atom is 0.328 e. The number of ether oxygens (including phenoxy) is 3. The number of nitrogens with zero attached hydrogens (tertiary/aromatic N) is 4. The molecule has 7 amide bonds. The first-order valence-corrected chi connectivity index (χ1v) is 20.2. The number of anilines is 1. The van der Waals surface area contributed by atoms with E-state index in [0.717, 1.165) is 11.1 Å². The topological polar surface area (TPSA) is 208 Å². The minimum Gasteiger partial charge on any atom is -0.461 e. The minimum atomic E-state index is -1.47. The van der Waals surface area contributed by atoms with Crippen molar-refractivity contribution in [3.8, 4) is 11.5 Å². The number of benzene rings is 2. The molecule has 0 radical (unpaired) electrons. The van der Waals surface area contributed by atoms with E-state index in [-0.39, 0.29) is 45.3 Å². The average molecular weight is 817 g/mol. The Balaban J connectivity index is 1.17. The Bertz CT molecular complexity index is 2000. The van der Waals surface area contributed by atoms with Crippen LogP contribution >= 0.6 is 0 Å². The molecule has 7 atom stereocenters. The molecule has 316 valence electrons. The molecule has 0 bridgehead atoms. The molecule has 18 nitrogen and oxygen atoms in total. The van der Waals surface area contributed by atoms with Gasteiger partial charge in [0.2, 0.25) is 36.3 Å². The van der Waals surface area contributed by atoms with Crippen LogP contribution in [-0.4, -0.2) is 151 Å². The first-order chi connectivity index (χ1) is 28.2. The third kappa shape index (κ3) is 9.22. The summed E-state index contributed by atoms with van der Waals surface area (Å²) < 4.78 is 16.6. The van der Waals surface area contributed by atoms with E-state index in [0.29, 0.717) is 43.0 Å². The SMILES string of the molecule is Cc1cccc(C[C@H](NC(=O)Nc2ccc3c(c2)OCO3)C(=O)N[C@H]2COC(=O)[C@@H]3C[C@@H](C)CN3C(=O)[C@H](C)NC(=O)[C@@H]3CN(C)CCN3C(=O)[C@@H]3CCCN3C2=O)c1. The first kappa shape index (κ1) is 41.3. The van der Waals surface area contributed by atoms with Gasteiger partial charge in [0, 0.05) is 50.9 Å². The molecule has 4 N–H and O–H groups in total. The van der Waals surface area contributed by atoms with E-state index < -0.39 is 84.4 Å². The van der Waals surface area contributed by atoms with Crippen LogP contribution in [0.15, 0.2) is 42.5 Å². The van der Waals surface area contributed by atoms with Crippen LogP contribution in [0.4, 0.5) is 10.5 Å². The molecule has 18 heteroatoms. The number of hydrogen-bond donors (Lipinski definition) is 4. The van der Waals surface area contributed by atoms with Crippen molar-refractivity contribution in [1.82, 2.24) is 35.6 Å². The second-order valence-corrected chi connectivity index (χ2v) is 16.2. The largest absolute Gasteiger partial charge is 0.461 e. The fourth-order valence-corrected chi connectivity index (χ4v) is 8.51. The van der Waals surface area contributed by atoms with Gasteiger partial charge in [-0.1, -0.05) is 36.8 Å². The molecule has 0 spiro atoms. The van der Waals surface area contributed by atoms with E-state index in [4.69, 9.17) is 14.2 Å². The molecule has 0 aliphatic carbocycles. The molecular formula is C41H52N8O10. The van der Waals surface area contributed by atoms with Crippen molar-refractivity contribution in [3.05, 3.63) is 53.6 Å². The average Bonchev–Trinajstić information content (AvgIpc) is 3.98. The summed E-state index contributed by atoms with van der Waals surface area (Å²) >= 11 is 0. The standard InChI is InChI=1S/C41H52N8O10/c1-23-7-5-8-26(15-23)17-28(45-41(56)43-27-10-11-33-34(18-27)59-22-58-33)35(50)44-29-21-57-40(55)31-16-24(2)19-49(31)37(52)25(3)42-36(51)32-20-46(4)13-14-48(32)39(54)30-9-6-12-47(30)38(29)53/h5,7-8,10-11,15,18,24-25,28-32H,6,9,12-14,16-17,19-22H2,1-4H3,(H,42,51)(H,44,50)(H2,43,45,56)/t24-,25+,28+,29+,30+,31+,32+/m1/s1. The molecular weight excluding hydrogens is 764 g/mol. The lowest BCUT2D eigenvalue weighted by Crippen LogP contribution is -2.65. The van der Waals surface area contributed by atoms with Crippen LogP contribution in [0.3, 0.4) is 0 Å². The Morgan fingerprint density at radius 2 is 1.63 bits per heavy atom. The summed E-state index contributed by atoms with van der Waals surface area (Å²) in [5.41, 5.74) is 2.04. The van der Waals surface area contributed by atoms with Gasteiger partial charge in [-0.2, -0.15) is 0 Å². The zero-order valence-corrected chi connectivity index (χ0v) is 33.7. The number of aryl methyl sites for hydroxylation is 1. The Hall–Kier alpha value is -5.91. The summed E-state index contributed by atoms with van der Waals surface area (Å²) in [5, 5.41) is 11.0. The Morgan fingerprint density at radius 3 is 2.42 bits per heavy atom. The van der Waals surface area contributed by atoms with Gasteiger partial charge in [-0.15, -0.1) is 0 Å². The predicted octanol–water partition coefficient (Wildman–Crippen LogP) is 0.373. The molecule has 0 aromatic heterocycles. The van der Waals surface area contributed by atoms with Crippen LogP contribution in [-0.2, 0) is 39.9 Å². The van der Waals surface area contributed by atoms with Crippen LogP contribution in [0.25, 0.3) is 0 Å². The highest BCUT2D eigenvalue weighted by Crippen LogP contribution is 2.34. The number of carbonyl (C=O) groups excluding carboxylic acids is 7. The lowest BCUT2D eigenvalue weighted by Gasteiger charge is -2.42. The van der Waals surface area contributed by atoms with Gasteiger partial charge >= 0.3 is 12.0 Å². The summed E-state index contributed by atoms with van der Waals surface area (Å²) in [5.74, 6) is -2.69. The van der Waals surface area contributed by atoms with Crippen molar-refractivity contribution in [1.29, 1.82) is 0 Å². The van der Waals surface area contributed by atoms with E-state index >= 15 is 0 Å². The number of fused-ring (bicyclic) bond motifs is 4. The van der Waals surface area contributed by atoms with Crippen LogP contribution in [0.2, 0.25) is 0 Å². The monoisotopic (exact) mass is 816 g/mol. The lowest BCUT2D eigenvalue weighted by molar-refractivity contribution is -0.158. The molecule has 2 aromatic carbocycles. The molecule has 0 saturated carbocycles. The van der Waals surface area contributed by atoms with Gasteiger partial charge in [0.05, 0.1) is 0 Å². The third-order valence-electron chi connectivity index (χ3n) is 11.6. The highest BCUT2D eigenvalue weighted by atomic mass is 16.7. The van der Waals surface area contributed by atoms with Crippen molar-refractivity contribution in [2.75, 3.05) is 58.5 Å². The molecule has 59 heavy (non-hydrogen) atoms. The van der Waals surface area contributed by atoms with Crippen molar-refractivity contribution in [3.63, 3.8) is 0 Å². The lowest BCUT2D eigenvalue weighted by atomic mass is 10.0. The number of esters is 1. The van der Waals surface area contributed by atoms with Gasteiger partial charge in [0.15, 0.2) is 11.5 Å². The van der Waals surface area contributed by atoms with Gasteiger partial charge in [-0.3, -0.25) is 24.0 Å². The van der Waals surface area contributed by atoms with Gasteiger partial charge in [-0.05, 0) is 63.8 Å². The van der Waals surface area contributed by atoms with Gasteiger partial charge in [-0.25, -0.2) is 9.59 Å². The highest BCUT2D eigenvalue weighted by Gasteiger charge is 2.46. The van der Waals surface area contributed by atoms with E-state index in [2.05, 4.69) is 21.3 Å². The summed E-state index contributed by atoms with van der Waals surface area (Å²) in [7, 11) is 1.84. The number of amides is 7. The van der Waals surface area contributed by atoms with Crippen molar-refractivity contribution in [2.45, 2.75) is 82.7 Å². The maximum atomic E-state index is 14.6. The Morgan fingerprint density at radius 1 is 0.847 bits per heavy atom.